The van der Waals surface area contributed by atoms with Gasteiger partial charge in [-0.1, -0.05) is 0 Å². The number of thioether (sulfide) groups is 1. The lowest BCUT2D eigenvalue weighted by molar-refractivity contribution is -0.136. The number of phenolic OH excluding ortho intramolecular Hbond substituents is 1. The lowest BCUT2D eigenvalue weighted by Gasteiger charge is -2.22. The summed E-state index contributed by atoms with van der Waals surface area (Å²) in [6, 6.07) is 8.53. The van der Waals surface area contributed by atoms with Crippen LogP contribution in [0.4, 0.5) is 8.78 Å². The number of ether oxygens (including phenoxy) is 2. The molecule has 1 aliphatic heterocycles. The minimum Gasteiger partial charge on any atom is -0.504 e. The van der Waals surface area contributed by atoms with Gasteiger partial charge < -0.3 is 25.4 Å². The number of pyridine rings is 1. The van der Waals surface area contributed by atoms with Gasteiger partial charge in [0, 0.05) is 28.8 Å². The zero-order chi connectivity index (χ0) is 27.6. The maximum absolute atomic E-state index is 15.4. The van der Waals surface area contributed by atoms with E-state index in [1.165, 1.54) is 24.3 Å². The monoisotopic (exact) mass is 543 g/mol. The van der Waals surface area contributed by atoms with Crippen LogP contribution in [0.3, 0.4) is 0 Å². The summed E-state index contributed by atoms with van der Waals surface area (Å²) in [6.45, 7) is 2.08. The Kier molecular flexibility index (Phi) is 7.78. The van der Waals surface area contributed by atoms with E-state index in [0.29, 0.717) is 23.2 Å². The van der Waals surface area contributed by atoms with Crippen LogP contribution < -0.4 is 15.2 Å². The van der Waals surface area contributed by atoms with Gasteiger partial charge >= 0.3 is 5.97 Å². The number of phenols is 1. The van der Waals surface area contributed by atoms with Crippen molar-refractivity contribution >= 4 is 29.8 Å². The molecule has 2 aromatic carbocycles. The van der Waals surface area contributed by atoms with E-state index in [4.69, 9.17) is 20.6 Å². The molecule has 0 fully saturated rings. The van der Waals surface area contributed by atoms with Crippen molar-refractivity contribution in [2.24, 2.45) is 10.7 Å². The number of aromatic hydroxyl groups is 1. The summed E-state index contributed by atoms with van der Waals surface area (Å²) in [5.74, 6) is -5.70. The quantitative estimate of drug-likeness (QED) is 0.173. The second kappa shape index (κ2) is 11.0. The molecule has 4 rings (SSSR count). The number of nitrogens with two attached hydrogens (primary N) is 1. The van der Waals surface area contributed by atoms with E-state index < -0.39 is 40.6 Å². The maximum Gasteiger partial charge on any atom is 0.316 e. The molecular weight excluding hydrogens is 520 g/mol. The molecule has 13 heteroatoms. The van der Waals surface area contributed by atoms with E-state index in [1.54, 1.807) is 25.3 Å². The van der Waals surface area contributed by atoms with Crippen LogP contribution in [0.25, 0.3) is 0 Å². The third-order valence-electron chi connectivity index (χ3n) is 5.54. The van der Waals surface area contributed by atoms with Crippen LogP contribution in [0.15, 0.2) is 52.5 Å². The second-order valence-electron chi connectivity index (χ2n) is 8.30. The van der Waals surface area contributed by atoms with Crippen molar-refractivity contribution in [3.63, 3.8) is 0 Å². The van der Waals surface area contributed by atoms with E-state index in [1.807, 2.05) is 11.9 Å². The average Bonchev–Trinajstić information content (AvgIpc) is 3.30. The van der Waals surface area contributed by atoms with E-state index in [9.17, 15) is 19.4 Å². The first kappa shape index (κ1) is 26.8. The molecule has 198 valence electrons. The van der Waals surface area contributed by atoms with Gasteiger partial charge in [-0.05, 0) is 50.4 Å². The Morgan fingerprint density at radius 1 is 1.24 bits per heavy atom. The van der Waals surface area contributed by atoms with E-state index in [0.717, 1.165) is 11.8 Å². The van der Waals surface area contributed by atoms with Gasteiger partial charge in [-0.15, -0.1) is 11.8 Å². The molecule has 0 aliphatic carbocycles. The largest absolute Gasteiger partial charge is 0.504 e. The zero-order valence-corrected chi connectivity index (χ0v) is 21.0. The Hall–Kier alpha value is -4.23. The fourth-order valence-corrected chi connectivity index (χ4v) is 4.38. The standard InChI is InChI=1S/C25H23F2N5O5S/c1-12(25(34)35)38-14-4-6-18(15(10-14)23-30-7-8-32(23)2)36-21-16(26)11-31-24(20(21)27)37-19-9-13(22(28)29)3-5-17(19)33/h3-7,9-12,23,33H,8H2,1-2H3,(H3,28,29)(H,34,35). The summed E-state index contributed by atoms with van der Waals surface area (Å²) < 4.78 is 41.2. The SMILES string of the molecule is CC(Sc1ccc(Oc2c(F)cnc(Oc3cc(C(=N)N)ccc3O)c2F)c(C2N=CCN2C)c1)C(=O)O. The predicted octanol–water partition coefficient (Wildman–Crippen LogP) is 4.51. The molecule has 2 heterocycles. The van der Waals surface area contributed by atoms with Crippen molar-refractivity contribution in [1.29, 1.82) is 5.41 Å². The summed E-state index contributed by atoms with van der Waals surface area (Å²) in [6.07, 6.45) is 1.87. The number of aliphatic carboxylic acids is 1. The number of nitrogens with one attached hydrogen (secondary N) is 1. The third kappa shape index (κ3) is 5.68. The summed E-state index contributed by atoms with van der Waals surface area (Å²) >= 11 is 1.10. The lowest BCUT2D eigenvalue weighted by Crippen LogP contribution is -2.19. The van der Waals surface area contributed by atoms with Gasteiger partial charge in [0.1, 0.15) is 23.0 Å². The summed E-state index contributed by atoms with van der Waals surface area (Å²) in [5.41, 5.74) is 6.13. The number of rotatable bonds is 9. The molecule has 1 aliphatic rings. The molecule has 3 aromatic rings. The summed E-state index contributed by atoms with van der Waals surface area (Å²) in [5, 5.41) is 26.1. The average molecular weight is 544 g/mol. The minimum atomic E-state index is -1.27. The molecule has 2 unspecified atom stereocenters. The van der Waals surface area contributed by atoms with Gasteiger partial charge in [-0.25, -0.2) is 9.37 Å². The van der Waals surface area contributed by atoms with E-state index in [2.05, 4.69) is 9.98 Å². The molecule has 0 radical (unpaired) electrons. The van der Waals surface area contributed by atoms with Gasteiger partial charge in [0.2, 0.25) is 11.6 Å². The smallest absolute Gasteiger partial charge is 0.316 e. The van der Waals surface area contributed by atoms with Crippen LogP contribution in [0.5, 0.6) is 28.9 Å². The fraction of sp³-hybridized carbons (Fsp3) is 0.200. The number of carboxylic acid groups (broad SMARTS) is 1. The highest BCUT2D eigenvalue weighted by atomic mass is 32.2. The number of aromatic nitrogens is 1. The van der Waals surface area contributed by atoms with Gasteiger partial charge in [0.25, 0.3) is 5.88 Å². The van der Waals surface area contributed by atoms with Gasteiger partial charge in [-0.3, -0.25) is 20.1 Å². The number of nitrogens with zero attached hydrogens (tertiary/aromatic N) is 3. The molecule has 1 aromatic heterocycles. The molecule has 0 saturated heterocycles. The van der Waals surface area contributed by atoms with Crippen LogP contribution in [0.2, 0.25) is 0 Å². The van der Waals surface area contributed by atoms with Crippen molar-refractivity contribution < 1.29 is 33.3 Å². The number of amidine groups is 1. The molecule has 38 heavy (non-hydrogen) atoms. The van der Waals surface area contributed by atoms with Crippen LogP contribution in [0.1, 0.15) is 24.2 Å². The Morgan fingerprint density at radius 3 is 2.66 bits per heavy atom. The van der Waals surface area contributed by atoms with Gasteiger partial charge in [0.05, 0.1) is 6.20 Å². The Bertz CT molecular complexity index is 1440. The summed E-state index contributed by atoms with van der Waals surface area (Å²) in [7, 11) is 1.81. The molecular formula is C25H23F2N5O5S. The van der Waals surface area contributed by atoms with Crippen LogP contribution in [0, 0.1) is 17.0 Å². The Morgan fingerprint density at radius 2 is 2.00 bits per heavy atom. The van der Waals surface area contributed by atoms with Crippen LogP contribution >= 0.6 is 11.8 Å². The molecule has 0 bridgehead atoms. The topological polar surface area (TPSA) is 154 Å². The highest BCUT2D eigenvalue weighted by Gasteiger charge is 2.27. The van der Waals surface area contributed by atoms with Crippen LogP contribution in [-0.2, 0) is 4.79 Å². The first-order valence-corrected chi connectivity index (χ1v) is 12.1. The Balaban J connectivity index is 1.71. The Labute approximate surface area is 220 Å². The minimum absolute atomic E-state index is 0.0876. The van der Waals surface area contributed by atoms with E-state index in [-0.39, 0.29) is 28.6 Å². The van der Waals surface area contributed by atoms with Crippen LogP contribution in [-0.4, -0.2) is 57.0 Å². The third-order valence-corrected chi connectivity index (χ3v) is 6.62. The molecule has 2 atom stereocenters. The fourth-order valence-electron chi connectivity index (χ4n) is 3.53. The lowest BCUT2D eigenvalue weighted by atomic mass is 10.1. The normalized spacial score (nSPS) is 15.8. The molecule has 0 amide bonds. The van der Waals surface area contributed by atoms with Crippen molar-refractivity contribution in [2.75, 3.05) is 13.6 Å². The maximum atomic E-state index is 15.4. The van der Waals surface area contributed by atoms with Gasteiger partial charge in [-0.2, -0.15) is 4.39 Å². The zero-order valence-electron chi connectivity index (χ0n) is 20.2. The summed E-state index contributed by atoms with van der Waals surface area (Å²) in [4.78, 5) is 21.8. The van der Waals surface area contributed by atoms with Crippen molar-refractivity contribution in [3.05, 3.63) is 65.4 Å². The van der Waals surface area contributed by atoms with E-state index >= 15 is 4.39 Å². The number of hydrogen-bond acceptors (Lipinski definition) is 9. The number of carbonyl (C=O) groups is 1. The van der Waals surface area contributed by atoms with Crippen molar-refractivity contribution in [3.8, 4) is 28.9 Å². The highest BCUT2D eigenvalue weighted by Crippen LogP contribution is 2.41. The first-order chi connectivity index (χ1) is 18.0. The molecule has 5 N–H and O–H groups in total. The van der Waals surface area contributed by atoms with Crippen molar-refractivity contribution in [1.82, 2.24) is 9.88 Å². The number of halogens is 2. The number of hydrogen-bond donors (Lipinski definition) is 4. The van der Waals surface area contributed by atoms with Gasteiger partial charge in [0.15, 0.2) is 17.3 Å². The first-order valence-electron chi connectivity index (χ1n) is 11.2. The second-order valence-corrected chi connectivity index (χ2v) is 9.71. The number of aliphatic imine (C=N–C) groups is 1. The number of benzene rings is 2. The molecule has 0 spiro atoms. The highest BCUT2D eigenvalue weighted by molar-refractivity contribution is 8.00. The number of nitrogen functional groups attached to an aromatic ring is 1. The van der Waals surface area contributed by atoms with Crippen molar-refractivity contribution in [2.45, 2.75) is 23.2 Å². The number of carboxylic acids is 1. The molecule has 10 nitrogen and oxygen atoms in total. The molecule has 0 saturated carbocycles. The predicted molar refractivity (Wildman–Crippen MR) is 137 cm³/mol.